The van der Waals surface area contributed by atoms with Crippen LogP contribution in [0.3, 0.4) is 0 Å². The van der Waals surface area contributed by atoms with E-state index >= 15 is 0 Å². The molecule has 5 heteroatoms. The minimum Gasteiger partial charge on any atom is -0.447 e. The average molecular weight is 174 g/mol. The van der Waals surface area contributed by atoms with Crippen molar-refractivity contribution in [2.24, 2.45) is 5.73 Å². The summed E-state index contributed by atoms with van der Waals surface area (Å²) in [6, 6.07) is -0.698. The van der Waals surface area contributed by atoms with Crippen LogP contribution in [0.5, 0.6) is 0 Å². The third kappa shape index (κ3) is 4.54. The number of alkyl carbamates (subject to hydrolysis) is 1. The molecule has 0 aromatic heterocycles. The summed E-state index contributed by atoms with van der Waals surface area (Å²) in [4.78, 5) is 21.3. The maximum absolute atomic E-state index is 10.8. The van der Waals surface area contributed by atoms with Crippen LogP contribution < -0.4 is 11.1 Å². The van der Waals surface area contributed by atoms with Gasteiger partial charge in [0.1, 0.15) is 6.04 Å². The maximum Gasteiger partial charge on any atom is 0.408 e. The van der Waals surface area contributed by atoms with Gasteiger partial charge in [0.2, 0.25) is 5.91 Å². The third-order valence-corrected chi connectivity index (χ3v) is 1.10. The number of nitrogens with one attached hydrogen (secondary N) is 1. The van der Waals surface area contributed by atoms with E-state index in [-0.39, 0.29) is 6.10 Å². The van der Waals surface area contributed by atoms with Gasteiger partial charge in [0.25, 0.3) is 0 Å². The summed E-state index contributed by atoms with van der Waals surface area (Å²) in [6.07, 6.45) is -0.832. The Morgan fingerprint density at radius 3 is 2.17 bits per heavy atom. The largest absolute Gasteiger partial charge is 0.447 e. The Morgan fingerprint density at radius 2 is 1.83 bits per heavy atom. The van der Waals surface area contributed by atoms with Crippen molar-refractivity contribution in [2.45, 2.75) is 32.9 Å². The standard InChI is InChI=1S/C7H14N2O3/c1-4(2)12-7(11)9-5(3)6(8)10/h4-5H,1-3H3,(H2,8,10)(H,9,11)/t5-/m0/s1. The second-order valence-electron chi connectivity index (χ2n) is 2.72. The maximum atomic E-state index is 10.8. The van der Waals surface area contributed by atoms with Crippen molar-refractivity contribution in [2.75, 3.05) is 0 Å². The van der Waals surface area contributed by atoms with Gasteiger partial charge in [-0.1, -0.05) is 0 Å². The van der Waals surface area contributed by atoms with E-state index in [4.69, 9.17) is 10.5 Å². The summed E-state index contributed by atoms with van der Waals surface area (Å²) < 4.78 is 4.71. The molecule has 0 rings (SSSR count). The van der Waals surface area contributed by atoms with Gasteiger partial charge in [-0.15, -0.1) is 0 Å². The first-order chi connectivity index (χ1) is 5.43. The fourth-order valence-electron chi connectivity index (χ4n) is 0.496. The predicted molar refractivity (Wildman–Crippen MR) is 43.4 cm³/mol. The van der Waals surface area contributed by atoms with Crippen molar-refractivity contribution in [1.82, 2.24) is 5.32 Å². The van der Waals surface area contributed by atoms with Gasteiger partial charge in [-0.25, -0.2) is 4.79 Å². The fourth-order valence-corrected chi connectivity index (χ4v) is 0.496. The van der Waals surface area contributed by atoms with Gasteiger partial charge in [-0.3, -0.25) is 4.79 Å². The summed E-state index contributed by atoms with van der Waals surface area (Å²) >= 11 is 0. The summed E-state index contributed by atoms with van der Waals surface area (Å²) in [5.41, 5.74) is 4.91. The molecule has 0 unspecified atom stereocenters. The van der Waals surface area contributed by atoms with Crippen LogP contribution in [0.2, 0.25) is 0 Å². The van der Waals surface area contributed by atoms with Crippen molar-refractivity contribution in [3.63, 3.8) is 0 Å². The number of hydrogen-bond donors (Lipinski definition) is 2. The molecule has 0 aliphatic carbocycles. The number of ether oxygens (including phenoxy) is 1. The Hall–Kier alpha value is -1.26. The van der Waals surface area contributed by atoms with Gasteiger partial charge >= 0.3 is 6.09 Å². The predicted octanol–water partition coefficient (Wildman–Crippen LogP) is -0.00520. The average Bonchev–Trinajstić information content (AvgIpc) is 1.84. The second-order valence-corrected chi connectivity index (χ2v) is 2.72. The molecule has 0 bridgehead atoms. The second kappa shape index (κ2) is 4.58. The van der Waals surface area contributed by atoms with E-state index < -0.39 is 18.0 Å². The minimum absolute atomic E-state index is 0.204. The number of primary amides is 1. The molecule has 0 aliphatic rings. The highest BCUT2D eigenvalue weighted by molar-refractivity contribution is 5.83. The van der Waals surface area contributed by atoms with Crippen LogP contribution >= 0.6 is 0 Å². The molecule has 0 heterocycles. The summed E-state index contributed by atoms with van der Waals surface area (Å²) in [7, 11) is 0. The van der Waals surface area contributed by atoms with Gasteiger partial charge in [0.05, 0.1) is 6.10 Å². The van der Waals surface area contributed by atoms with Crippen LogP contribution in [-0.2, 0) is 9.53 Å². The number of amides is 2. The first kappa shape index (κ1) is 10.7. The van der Waals surface area contributed by atoms with Crippen LogP contribution in [0.1, 0.15) is 20.8 Å². The normalized spacial score (nSPS) is 12.3. The number of carbonyl (C=O) groups excluding carboxylic acids is 2. The Kier molecular flexibility index (Phi) is 4.10. The molecular formula is C7H14N2O3. The van der Waals surface area contributed by atoms with E-state index in [1.807, 2.05) is 0 Å². The Morgan fingerprint density at radius 1 is 1.33 bits per heavy atom. The molecule has 0 aromatic rings. The molecule has 0 saturated carbocycles. The fraction of sp³-hybridized carbons (Fsp3) is 0.714. The molecule has 0 spiro atoms. The number of rotatable bonds is 3. The molecule has 5 nitrogen and oxygen atoms in total. The lowest BCUT2D eigenvalue weighted by atomic mass is 10.3. The van der Waals surface area contributed by atoms with Crippen molar-refractivity contribution < 1.29 is 14.3 Å². The SMILES string of the molecule is CC(C)OC(=O)N[C@@H](C)C(N)=O. The van der Waals surface area contributed by atoms with Gasteiger partial charge in [0, 0.05) is 0 Å². The smallest absolute Gasteiger partial charge is 0.408 e. The van der Waals surface area contributed by atoms with Crippen molar-refractivity contribution >= 4 is 12.0 Å². The molecule has 0 saturated heterocycles. The van der Waals surface area contributed by atoms with E-state index in [2.05, 4.69) is 5.32 Å². The number of nitrogens with two attached hydrogens (primary N) is 1. The molecular weight excluding hydrogens is 160 g/mol. The van der Waals surface area contributed by atoms with Gasteiger partial charge in [0.15, 0.2) is 0 Å². The first-order valence-electron chi connectivity index (χ1n) is 3.70. The molecule has 0 fully saturated rings. The topological polar surface area (TPSA) is 81.4 Å². The van der Waals surface area contributed by atoms with Crippen LogP contribution in [0.4, 0.5) is 4.79 Å². The molecule has 12 heavy (non-hydrogen) atoms. The molecule has 70 valence electrons. The molecule has 0 radical (unpaired) electrons. The van der Waals surface area contributed by atoms with Crippen LogP contribution in [0.15, 0.2) is 0 Å². The van der Waals surface area contributed by atoms with Gasteiger partial charge < -0.3 is 15.8 Å². The summed E-state index contributed by atoms with van der Waals surface area (Å²) in [5, 5.41) is 2.27. The van der Waals surface area contributed by atoms with Crippen LogP contribution in [0, 0.1) is 0 Å². The lowest BCUT2D eigenvalue weighted by molar-refractivity contribution is -0.119. The summed E-state index contributed by atoms with van der Waals surface area (Å²) in [6.45, 7) is 4.92. The lowest BCUT2D eigenvalue weighted by Gasteiger charge is -2.12. The minimum atomic E-state index is -0.698. The molecule has 1 atom stereocenters. The van der Waals surface area contributed by atoms with Crippen molar-refractivity contribution in [1.29, 1.82) is 0 Å². The van der Waals surface area contributed by atoms with E-state index in [0.29, 0.717) is 0 Å². The highest BCUT2D eigenvalue weighted by atomic mass is 16.6. The number of hydrogen-bond acceptors (Lipinski definition) is 3. The summed E-state index contributed by atoms with van der Waals surface area (Å²) in [5.74, 6) is -0.587. The van der Waals surface area contributed by atoms with Crippen molar-refractivity contribution in [3.8, 4) is 0 Å². The van der Waals surface area contributed by atoms with Crippen LogP contribution in [0.25, 0.3) is 0 Å². The van der Waals surface area contributed by atoms with E-state index in [9.17, 15) is 9.59 Å². The Labute approximate surface area is 71.3 Å². The number of carbonyl (C=O) groups is 2. The van der Waals surface area contributed by atoms with Crippen molar-refractivity contribution in [3.05, 3.63) is 0 Å². The molecule has 0 aromatic carbocycles. The quantitative estimate of drug-likeness (QED) is 0.631. The third-order valence-electron chi connectivity index (χ3n) is 1.10. The Bertz CT molecular complexity index is 179. The molecule has 3 N–H and O–H groups in total. The van der Waals surface area contributed by atoms with Crippen LogP contribution in [-0.4, -0.2) is 24.1 Å². The Balaban J connectivity index is 3.77. The highest BCUT2D eigenvalue weighted by Crippen LogP contribution is 1.89. The van der Waals surface area contributed by atoms with Gasteiger partial charge in [-0.2, -0.15) is 0 Å². The lowest BCUT2D eigenvalue weighted by Crippen LogP contribution is -2.43. The zero-order valence-corrected chi connectivity index (χ0v) is 7.46. The van der Waals surface area contributed by atoms with E-state index in [1.165, 1.54) is 6.92 Å². The zero-order chi connectivity index (χ0) is 9.72. The highest BCUT2D eigenvalue weighted by Gasteiger charge is 2.13. The monoisotopic (exact) mass is 174 g/mol. The first-order valence-corrected chi connectivity index (χ1v) is 3.70. The zero-order valence-electron chi connectivity index (χ0n) is 7.46. The molecule has 2 amide bonds. The van der Waals surface area contributed by atoms with E-state index in [0.717, 1.165) is 0 Å². The molecule has 0 aliphatic heterocycles. The van der Waals surface area contributed by atoms with Gasteiger partial charge in [-0.05, 0) is 20.8 Å². The van der Waals surface area contributed by atoms with E-state index in [1.54, 1.807) is 13.8 Å².